The number of likely N-dealkylation sites (tertiary alicyclic amines) is 1. The van der Waals surface area contributed by atoms with Crippen molar-refractivity contribution in [3.05, 3.63) is 11.9 Å². The molecule has 0 spiro atoms. The minimum Gasteiger partial charge on any atom is -0.301 e. The van der Waals surface area contributed by atoms with Crippen LogP contribution in [-0.4, -0.2) is 39.5 Å². The highest BCUT2D eigenvalue weighted by atomic mass is 15.4. The summed E-state index contributed by atoms with van der Waals surface area (Å²) in [6.07, 6.45) is 3.31. The molecule has 0 aliphatic carbocycles. The molecule has 2 heterocycles. The fourth-order valence-corrected chi connectivity index (χ4v) is 2.11. The molecule has 4 heteroatoms. The van der Waals surface area contributed by atoms with E-state index in [1.54, 1.807) is 0 Å². The average molecular weight is 222 g/mol. The molecule has 0 bridgehead atoms. The molecule has 90 valence electrons. The van der Waals surface area contributed by atoms with Crippen LogP contribution in [0.25, 0.3) is 0 Å². The highest BCUT2D eigenvalue weighted by Crippen LogP contribution is 2.24. The Bertz CT molecular complexity index is 350. The SMILES string of the molecule is CCN1CC[C@H](n2cc(C(C)(C)C)nn2)C1. The quantitative estimate of drug-likeness (QED) is 0.765. The van der Waals surface area contributed by atoms with E-state index in [1.807, 2.05) is 0 Å². The van der Waals surface area contributed by atoms with Crippen molar-refractivity contribution in [2.75, 3.05) is 19.6 Å². The minimum absolute atomic E-state index is 0.0985. The zero-order valence-corrected chi connectivity index (χ0v) is 10.8. The molecule has 1 aromatic heterocycles. The summed E-state index contributed by atoms with van der Waals surface area (Å²) < 4.78 is 2.05. The lowest BCUT2D eigenvalue weighted by Crippen LogP contribution is -2.21. The van der Waals surface area contributed by atoms with Crippen LogP contribution in [0, 0.1) is 0 Å². The largest absolute Gasteiger partial charge is 0.301 e. The third-order valence-corrected chi connectivity index (χ3v) is 3.35. The number of rotatable bonds is 2. The van der Waals surface area contributed by atoms with Gasteiger partial charge < -0.3 is 4.90 Å². The van der Waals surface area contributed by atoms with Crippen molar-refractivity contribution in [2.45, 2.75) is 45.6 Å². The normalized spacial score (nSPS) is 22.9. The molecule has 1 saturated heterocycles. The van der Waals surface area contributed by atoms with E-state index in [1.165, 1.54) is 13.0 Å². The third kappa shape index (κ3) is 2.26. The van der Waals surface area contributed by atoms with Gasteiger partial charge in [0.1, 0.15) is 0 Å². The van der Waals surface area contributed by atoms with Crippen LogP contribution in [0.5, 0.6) is 0 Å². The van der Waals surface area contributed by atoms with Gasteiger partial charge in [-0.15, -0.1) is 5.10 Å². The van der Waals surface area contributed by atoms with Crippen LogP contribution in [0.4, 0.5) is 0 Å². The Morgan fingerprint density at radius 1 is 1.44 bits per heavy atom. The molecule has 16 heavy (non-hydrogen) atoms. The van der Waals surface area contributed by atoms with E-state index in [4.69, 9.17) is 0 Å². The van der Waals surface area contributed by atoms with E-state index < -0.39 is 0 Å². The van der Waals surface area contributed by atoms with E-state index in [2.05, 4.69) is 53.8 Å². The Morgan fingerprint density at radius 2 is 2.19 bits per heavy atom. The first-order valence-electron chi connectivity index (χ1n) is 6.15. The molecule has 0 unspecified atom stereocenters. The third-order valence-electron chi connectivity index (χ3n) is 3.35. The van der Waals surface area contributed by atoms with Gasteiger partial charge in [-0.1, -0.05) is 32.9 Å². The smallest absolute Gasteiger partial charge is 0.0880 e. The lowest BCUT2D eigenvalue weighted by molar-refractivity contribution is 0.334. The molecule has 1 aromatic rings. The summed E-state index contributed by atoms with van der Waals surface area (Å²) in [6, 6.07) is 0.517. The predicted octanol–water partition coefficient (Wildman–Crippen LogP) is 1.84. The monoisotopic (exact) mass is 222 g/mol. The van der Waals surface area contributed by atoms with Crippen LogP contribution in [0.1, 0.15) is 45.9 Å². The van der Waals surface area contributed by atoms with E-state index in [-0.39, 0.29) is 5.41 Å². The van der Waals surface area contributed by atoms with Crippen LogP contribution in [0.2, 0.25) is 0 Å². The predicted molar refractivity (Wildman–Crippen MR) is 64.5 cm³/mol. The second-order valence-corrected chi connectivity index (χ2v) is 5.67. The van der Waals surface area contributed by atoms with Crippen LogP contribution in [-0.2, 0) is 5.41 Å². The number of aromatic nitrogens is 3. The van der Waals surface area contributed by atoms with Gasteiger partial charge in [-0.3, -0.25) is 0 Å². The van der Waals surface area contributed by atoms with Gasteiger partial charge in [0.25, 0.3) is 0 Å². The van der Waals surface area contributed by atoms with Gasteiger partial charge in [0.05, 0.1) is 11.7 Å². The zero-order valence-electron chi connectivity index (χ0n) is 10.8. The lowest BCUT2D eigenvalue weighted by Gasteiger charge is -2.14. The number of likely N-dealkylation sites (N-methyl/N-ethyl adjacent to an activating group) is 1. The Labute approximate surface area is 97.6 Å². The summed E-state index contributed by atoms with van der Waals surface area (Å²) in [5, 5.41) is 8.55. The summed E-state index contributed by atoms with van der Waals surface area (Å²) in [7, 11) is 0. The first-order chi connectivity index (χ1) is 7.50. The van der Waals surface area contributed by atoms with Gasteiger partial charge in [-0.25, -0.2) is 4.68 Å². The van der Waals surface area contributed by atoms with Crippen molar-refractivity contribution in [1.29, 1.82) is 0 Å². The molecule has 2 rings (SSSR count). The summed E-state index contributed by atoms with van der Waals surface area (Å²) in [6.45, 7) is 12.2. The number of hydrogen-bond acceptors (Lipinski definition) is 3. The molecule has 1 aliphatic rings. The van der Waals surface area contributed by atoms with Crippen molar-refractivity contribution in [3.63, 3.8) is 0 Å². The van der Waals surface area contributed by atoms with Crippen LogP contribution < -0.4 is 0 Å². The van der Waals surface area contributed by atoms with Crippen LogP contribution in [0.15, 0.2) is 6.20 Å². The van der Waals surface area contributed by atoms with Gasteiger partial charge >= 0.3 is 0 Å². The standard InChI is InChI=1S/C12H22N4/c1-5-15-7-6-10(8-15)16-9-11(13-14-16)12(2,3)4/h9-10H,5-8H2,1-4H3/t10-/m0/s1. The van der Waals surface area contributed by atoms with E-state index in [0.29, 0.717) is 6.04 Å². The molecular weight excluding hydrogens is 200 g/mol. The second kappa shape index (κ2) is 4.17. The van der Waals surface area contributed by atoms with Gasteiger partial charge in [-0.05, 0) is 13.0 Å². The average Bonchev–Trinajstić information content (AvgIpc) is 2.85. The first kappa shape index (κ1) is 11.6. The molecular formula is C12H22N4. The maximum atomic E-state index is 4.28. The fraction of sp³-hybridized carbons (Fsp3) is 0.833. The maximum Gasteiger partial charge on any atom is 0.0880 e. The highest BCUT2D eigenvalue weighted by Gasteiger charge is 2.25. The lowest BCUT2D eigenvalue weighted by atomic mass is 9.93. The highest BCUT2D eigenvalue weighted by molar-refractivity contribution is 5.07. The fourth-order valence-electron chi connectivity index (χ4n) is 2.11. The summed E-state index contributed by atoms with van der Waals surface area (Å²) in [4.78, 5) is 2.46. The van der Waals surface area contributed by atoms with E-state index >= 15 is 0 Å². The molecule has 0 radical (unpaired) electrons. The van der Waals surface area contributed by atoms with Crippen molar-refractivity contribution in [2.24, 2.45) is 0 Å². The number of nitrogens with zero attached hydrogens (tertiary/aromatic N) is 4. The summed E-state index contributed by atoms with van der Waals surface area (Å²) >= 11 is 0. The van der Waals surface area contributed by atoms with Crippen LogP contribution in [0.3, 0.4) is 0 Å². The van der Waals surface area contributed by atoms with Crippen molar-refractivity contribution in [1.82, 2.24) is 19.9 Å². The molecule has 1 atom stereocenters. The van der Waals surface area contributed by atoms with Crippen molar-refractivity contribution in [3.8, 4) is 0 Å². The summed E-state index contributed by atoms with van der Waals surface area (Å²) in [5.41, 5.74) is 1.18. The molecule has 0 saturated carbocycles. The molecule has 4 nitrogen and oxygen atoms in total. The number of hydrogen-bond donors (Lipinski definition) is 0. The van der Waals surface area contributed by atoms with E-state index in [9.17, 15) is 0 Å². The van der Waals surface area contributed by atoms with Gasteiger partial charge in [0.2, 0.25) is 0 Å². The summed E-state index contributed by atoms with van der Waals surface area (Å²) in [5.74, 6) is 0. The van der Waals surface area contributed by atoms with Crippen molar-refractivity contribution >= 4 is 0 Å². The molecule has 1 fully saturated rings. The van der Waals surface area contributed by atoms with Gasteiger partial charge in [-0.2, -0.15) is 0 Å². The topological polar surface area (TPSA) is 34.0 Å². The minimum atomic E-state index is 0.0985. The molecule has 0 amide bonds. The Balaban J connectivity index is 2.08. The molecule has 1 aliphatic heterocycles. The van der Waals surface area contributed by atoms with E-state index in [0.717, 1.165) is 18.8 Å². The maximum absolute atomic E-state index is 4.28. The van der Waals surface area contributed by atoms with Crippen LogP contribution >= 0.6 is 0 Å². The van der Waals surface area contributed by atoms with Crippen molar-refractivity contribution < 1.29 is 0 Å². The second-order valence-electron chi connectivity index (χ2n) is 5.67. The Morgan fingerprint density at radius 3 is 2.69 bits per heavy atom. The van der Waals surface area contributed by atoms with Gasteiger partial charge in [0, 0.05) is 24.7 Å². The molecule has 0 aromatic carbocycles. The van der Waals surface area contributed by atoms with Gasteiger partial charge in [0.15, 0.2) is 0 Å². The molecule has 0 N–H and O–H groups in total. The Kier molecular flexibility index (Phi) is 3.02. The zero-order chi connectivity index (χ0) is 11.8. The Hall–Kier alpha value is -0.900. The first-order valence-corrected chi connectivity index (χ1v) is 6.15.